The zero-order chi connectivity index (χ0) is 21.4. The zero-order valence-corrected chi connectivity index (χ0v) is 20.6. The van der Waals surface area contributed by atoms with Crippen molar-refractivity contribution in [3.63, 3.8) is 0 Å². The molecule has 0 spiro atoms. The molecule has 0 saturated heterocycles. The standard InChI is InChI=1S/C28H48O/c1-21(2)11-8-12-22(3)13-9-14-23(4)15-10-17-28(7)18-16-26-20-24(5)19-25(6)27(26)29-28/h19-23H,8-18H2,1-7H3. The third kappa shape index (κ3) is 8.35. The molecule has 0 fully saturated rings. The second kappa shape index (κ2) is 11.4. The van der Waals surface area contributed by atoms with E-state index in [0.717, 1.165) is 24.2 Å². The number of hydrogen-bond donors (Lipinski definition) is 0. The van der Waals surface area contributed by atoms with Crippen LogP contribution in [0.3, 0.4) is 0 Å². The van der Waals surface area contributed by atoms with Crippen LogP contribution < -0.4 is 4.74 Å². The fraction of sp³-hybridized carbons (Fsp3) is 0.786. The summed E-state index contributed by atoms with van der Waals surface area (Å²) in [5.74, 6) is 3.78. The molecule has 166 valence electrons. The molecule has 0 N–H and O–H groups in total. The highest BCUT2D eigenvalue weighted by molar-refractivity contribution is 5.45. The number of benzene rings is 1. The average molecular weight is 401 g/mol. The van der Waals surface area contributed by atoms with Crippen molar-refractivity contribution in [3.8, 4) is 5.75 Å². The Hall–Kier alpha value is -0.980. The molecule has 1 heterocycles. The van der Waals surface area contributed by atoms with E-state index in [0.29, 0.717) is 0 Å². The van der Waals surface area contributed by atoms with Gasteiger partial charge in [-0.2, -0.15) is 0 Å². The molecular formula is C28H48O. The van der Waals surface area contributed by atoms with E-state index in [2.05, 4.69) is 60.6 Å². The minimum absolute atomic E-state index is 0.0255. The maximum atomic E-state index is 6.55. The minimum Gasteiger partial charge on any atom is -0.487 e. The predicted molar refractivity (Wildman–Crippen MR) is 128 cm³/mol. The van der Waals surface area contributed by atoms with Crippen LogP contribution in [-0.4, -0.2) is 5.60 Å². The lowest BCUT2D eigenvalue weighted by Crippen LogP contribution is -2.36. The molecule has 3 atom stereocenters. The van der Waals surface area contributed by atoms with Gasteiger partial charge in [0.2, 0.25) is 0 Å². The van der Waals surface area contributed by atoms with E-state index in [1.54, 1.807) is 0 Å². The monoisotopic (exact) mass is 400 g/mol. The predicted octanol–water partition coefficient (Wildman–Crippen LogP) is 8.83. The van der Waals surface area contributed by atoms with Gasteiger partial charge in [0.1, 0.15) is 11.4 Å². The molecule has 29 heavy (non-hydrogen) atoms. The Balaban J connectivity index is 1.65. The van der Waals surface area contributed by atoms with Gasteiger partial charge in [-0.1, -0.05) is 90.3 Å². The van der Waals surface area contributed by atoms with Crippen LogP contribution in [0.4, 0.5) is 0 Å². The van der Waals surface area contributed by atoms with Crippen LogP contribution in [-0.2, 0) is 6.42 Å². The molecule has 1 aromatic rings. The maximum absolute atomic E-state index is 6.55. The number of hydrogen-bond acceptors (Lipinski definition) is 1. The van der Waals surface area contributed by atoms with Crippen LogP contribution in [0, 0.1) is 31.6 Å². The van der Waals surface area contributed by atoms with Crippen molar-refractivity contribution in [1.82, 2.24) is 0 Å². The molecule has 1 aromatic carbocycles. The molecule has 3 unspecified atom stereocenters. The number of fused-ring (bicyclic) bond motifs is 1. The van der Waals surface area contributed by atoms with Crippen LogP contribution in [0.25, 0.3) is 0 Å². The molecule has 1 nitrogen and oxygen atoms in total. The van der Waals surface area contributed by atoms with Gasteiger partial charge in [-0.3, -0.25) is 0 Å². The average Bonchev–Trinajstić information content (AvgIpc) is 2.62. The minimum atomic E-state index is 0.0255. The normalized spacial score (nSPS) is 21.0. The SMILES string of the molecule is Cc1cc(C)c2c(c1)CCC(C)(CCCC(C)CCCC(C)CCCC(C)C)O2. The summed E-state index contributed by atoms with van der Waals surface area (Å²) >= 11 is 0. The molecular weight excluding hydrogens is 352 g/mol. The fourth-order valence-electron chi connectivity index (χ4n) is 5.05. The lowest BCUT2D eigenvalue weighted by atomic mass is 9.85. The molecule has 0 aromatic heterocycles. The molecule has 1 heteroatoms. The third-order valence-corrected chi connectivity index (χ3v) is 7.04. The van der Waals surface area contributed by atoms with Gasteiger partial charge in [-0.15, -0.1) is 0 Å². The van der Waals surface area contributed by atoms with E-state index >= 15 is 0 Å². The molecule has 1 aliphatic rings. The van der Waals surface area contributed by atoms with Crippen molar-refractivity contribution >= 4 is 0 Å². The molecule has 0 aliphatic carbocycles. The van der Waals surface area contributed by atoms with E-state index in [1.807, 2.05) is 0 Å². The maximum Gasteiger partial charge on any atom is 0.126 e. The van der Waals surface area contributed by atoms with Crippen LogP contribution in [0.1, 0.15) is 116 Å². The van der Waals surface area contributed by atoms with Gasteiger partial charge in [-0.25, -0.2) is 0 Å². The summed E-state index contributed by atoms with van der Waals surface area (Å²) in [6, 6.07) is 4.57. The molecule has 0 saturated carbocycles. The molecule has 0 radical (unpaired) electrons. The number of aryl methyl sites for hydroxylation is 3. The molecule has 0 bridgehead atoms. The van der Waals surface area contributed by atoms with Gasteiger partial charge in [0.15, 0.2) is 0 Å². The Labute approximate surface area is 182 Å². The van der Waals surface area contributed by atoms with Crippen molar-refractivity contribution in [1.29, 1.82) is 0 Å². The molecule has 0 amide bonds. The van der Waals surface area contributed by atoms with Crippen LogP contribution in [0.15, 0.2) is 12.1 Å². The Morgan fingerprint density at radius 2 is 1.45 bits per heavy atom. The summed E-state index contributed by atoms with van der Waals surface area (Å²) in [5.41, 5.74) is 4.10. The molecule has 1 aliphatic heterocycles. The van der Waals surface area contributed by atoms with Gasteiger partial charge in [0.05, 0.1) is 0 Å². The van der Waals surface area contributed by atoms with E-state index in [9.17, 15) is 0 Å². The summed E-state index contributed by atoms with van der Waals surface area (Å²) in [6.45, 7) is 16.3. The highest BCUT2D eigenvalue weighted by Gasteiger charge is 2.32. The largest absolute Gasteiger partial charge is 0.487 e. The summed E-state index contributed by atoms with van der Waals surface area (Å²) in [4.78, 5) is 0. The van der Waals surface area contributed by atoms with Crippen molar-refractivity contribution in [2.24, 2.45) is 17.8 Å². The van der Waals surface area contributed by atoms with E-state index in [-0.39, 0.29) is 5.60 Å². The second-order valence-electron chi connectivity index (χ2n) is 11.0. The van der Waals surface area contributed by atoms with Crippen molar-refractivity contribution in [2.45, 2.75) is 125 Å². The first-order valence-electron chi connectivity index (χ1n) is 12.5. The Bertz CT molecular complexity index is 617. The second-order valence-corrected chi connectivity index (χ2v) is 11.0. The number of ether oxygens (including phenoxy) is 1. The first-order valence-corrected chi connectivity index (χ1v) is 12.5. The summed E-state index contributed by atoms with van der Waals surface area (Å²) in [6.07, 6.45) is 14.6. The van der Waals surface area contributed by atoms with Crippen LogP contribution in [0.2, 0.25) is 0 Å². The summed E-state index contributed by atoms with van der Waals surface area (Å²) in [7, 11) is 0. The highest BCUT2D eigenvalue weighted by Crippen LogP contribution is 2.39. The Kier molecular flexibility index (Phi) is 9.57. The first-order chi connectivity index (χ1) is 13.7. The van der Waals surface area contributed by atoms with Gasteiger partial charge < -0.3 is 4.74 Å². The topological polar surface area (TPSA) is 9.23 Å². The highest BCUT2D eigenvalue weighted by atomic mass is 16.5. The van der Waals surface area contributed by atoms with E-state index in [4.69, 9.17) is 4.74 Å². The Morgan fingerprint density at radius 3 is 2.07 bits per heavy atom. The fourth-order valence-corrected chi connectivity index (χ4v) is 5.05. The van der Waals surface area contributed by atoms with E-state index < -0.39 is 0 Å². The Morgan fingerprint density at radius 1 is 0.862 bits per heavy atom. The van der Waals surface area contributed by atoms with Crippen molar-refractivity contribution in [2.75, 3.05) is 0 Å². The zero-order valence-electron chi connectivity index (χ0n) is 20.6. The molecule has 2 rings (SSSR count). The number of rotatable bonds is 12. The quantitative estimate of drug-likeness (QED) is 0.340. The van der Waals surface area contributed by atoms with Crippen molar-refractivity contribution in [3.05, 3.63) is 28.8 Å². The lowest BCUT2D eigenvalue weighted by molar-refractivity contribution is 0.0516. The van der Waals surface area contributed by atoms with Gasteiger partial charge in [-0.05, 0) is 75.3 Å². The van der Waals surface area contributed by atoms with Gasteiger partial charge in [0, 0.05) is 0 Å². The van der Waals surface area contributed by atoms with Crippen molar-refractivity contribution < 1.29 is 4.74 Å². The first kappa shape index (κ1) is 24.3. The van der Waals surface area contributed by atoms with Crippen LogP contribution in [0.5, 0.6) is 5.75 Å². The van der Waals surface area contributed by atoms with Gasteiger partial charge >= 0.3 is 0 Å². The van der Waals surface area contributed by atoms with E-state index in [1.165, 1.54) is 86.6 Å². The summed E-state index contributed by atoms with van der Waals surface area (Å²) < 4.78 is 6.55. The summed E-state index contributed by atoms with van der Waals surface area (Å²) in [5, 5.41) is 0. The van der Waals surface area contributed by atoms with Crippen LogP contribution >= 0.6 is 0 Å². The third-order valence-electron chi connectivity index (χ3n) is 7.04. The lowest BCUT2D eigenvalue weighted by Gasteiger charge is -2.37. The smallest absolute Gasteiger partial charge is 0.126 e. The van der Waals surface area contributed by atoms with Gasteiger partial charge in [0.25, 0.3) is 0 Å².